The fourth-order valence-corrected chi connectivity index (χ4v) is 1.98. The Kier molecular flexibility index (Phi) is 1.66. The molecule has 4 nitrogen and oxygen atoms in total. The summed E-state index contributed by atoms with van der Waals surface area (Å²) >= 11 is 0.915. The molecule has 2 aromatic rings. The van der Waals surface area contributed by atoms with E-state index in [1.165, 1.54) is 6.07 Å². The number of thiazole rings is 1. The van der Waals surface area contributed by atoms with Gasteiger partial charge in [-0.25, -0.2) is 4.79 Å². The minimum Gasteiger partial charge on any atom is -0.478 e. The van der Waals surface area contributed by atoms with Crippen LogP contribution >= 0.6 is 11.3 Å². The summed E-state index contributed by atoms with van der Waals surface area (Å²) in [6, 6.07) is 4.77. The second kappa shape index (κ2) is 2.70. The largest absolute Gasteiger partial charge is 0.478 e. The van der Waals surface area contributed by atoms with Gasteiger partial charge < -0.3 is 10.1 Å². The van der Waals surface area contributed by atoms with Crippen LogP contribution in [0.15, 0.2) is 23.0 Å². The van der Waals surface area contributed by atoms with Crippen molar-refractivity contribution >= 4 is 27.5 Å². The first-order valence-electron chi connectivity index (χ1n) is 3.53. The molecule has 1 heterocycles. The van der Waals surface area contributed by atoms with Gasteiger partial charge in [0.15, 0.2) is 0 Å². The highest BCUT2D eigenvalue weighted by Gasteiger charge is 2.09. The van der Waals surface area contributed by atoms with E-state index in [2.05, 4.69) is 4.98 Å². The molecule has 2 N–H and O–H groups in total. The Balaban J connectivity index is 2.90. The highest BCUT2D eigenvalue weighted by molar-refractivity contribution is 7.16. The molecule has 0 radical (unpaired) electrons. The predicted molar refractivity (Wildman–Crippen MR) is 49.4 cm³/mol. The second-order valence-electron chi connectivity index (χ2n) is 2.50. The SMILES string of the molecule is O=C(O)c1cccc2[nH]c(=O)sc12. The van der Waals surface area contributed by atoms with Gasteiger partial charge in [0.2, 0.25) is 0 Å². The van der Waals surface area contributed by atoms with E-state index in [0.29, 0.717) is 10.2 Å². The highest BCUT2D eigenvalue weighted by Crippen LogP contribution is 2.18. The average Bonchev–Trinajstić information content (AvgIpc) is 2.43. The Morgan fingerprint density at radius 2 is 2.23 bits per heavy atom. The maximum Gasteiger partial charge on any atom is 0.337 e. The van der Waals surface area contributed by atoms with E-state index in [-0.39, 0.29) is 10.4 Å². The van der Waals surface area contributed by atoms with Crippen molar-refractivity contribution in [3.8, 4) is 0 Å². The van der Waals surface area contributed by atoms with Crippen molar-refractivity contribution in [3.05, 3.63) is 33.4 Å². The van der Waals surface area contributed by atoms with Crippen molar-refractivity contribution in [2.45, 2.75) is 0 Å². The normalized spacial score (nSPS) is 10.5. The molecule has 66 valence electrons. The third kappa shape index (κ3) is 1.23. The number of hydrogen-bond acceptors (Lipinski definition) is 3. The Bertz CT molecular complexity index is 525. The van der Waals surface area contributed by atoms with Crippen LogP contribution in [0.1, 0.15) is 10.4 Å². The zero-order valence-corrected chi connectivity index (χ0v) is 7.22. The Morgan fingerprint density at radius 3 is 2.92 bits per heavy atom. The molecule has 0 aliphatic heterocycles. The quantitative estimate of drug-likeness (QED) is 0.720. The molecule has 0 aliphatic rings. The van der Waals surface area contributed by atoms with Gasteiger partial charge in [0.25, 0.3) is 0 Å². The molecule has 2 rings (SSSR count). The van der Waals surface area contributed by atoms with Crippen molar-refractivity contribution in [2.24, 2.45) is 0 Å². The first kappa shape index (κ1) is 8.00. The van der Waals surface area contributed by atoms with Gasteiger partial charge in [-0.2, -0.15) is 0 Å². The summed E-state index contributed by atoms with van der Waals surface area (Å²) in [6.07, 6.45) is 0. The molecule has 1 aromatic carbocycles. The summed E-state index contributed by atoms with van der Waals surface area (Å²) in [5.74, 6) is -1.01. The summed E-state index contributed by atoms with van der Waals surface area (Å²) in [7, 11) is 0. The maximum absolute atomic E-state index is 10.9. The maximum atomic E-state index is 10.9. The van der Waals surface area contributed by atoms with E-state index >= 15 is 0 Å². The number of benzene rings is 1. The zero-order chi connectivity index (χ0) is 9.42. The lowest BCUT2D eigenvalue weighted by molar-refractivity contribution is 0.0699. The smallest absolute Gasteiger partial charge is 0.337 e. The van der Waals surface area contributed by atoms with Crippen LogP contribution in [-0.4, -0.2) is 16.1 Å². The molecule has 0 atom stereocenters. The Hall–Kier alpha value is -1.62. The number of aromatic amines is 1. The molecule has 0 amide bonds. The number of carbonyl (C=O) groups is 1. The van der Waals surface area contributed by atoms with Gasteiger partial charge in [0, 0.05) is 0 Å². The average molecular weight is 195 g/mol. The van der Waals surface area contributed by atoms with Gasteiger partial charge >= 0.3 is 10.8 Å². The molecule has 0 saturated heterocycles. The van der Waals surface area contributed by atoms with Crippen LogP contribution in [0.3, 0.4) is 0 Å². The number of aromatic carboxylic acids is 1. The molecule has 5 heteroatoms. The molecular formula is C8H5NO3S. The molecule has 0 fully saturated rings. The zero-order valence-electron chi connectivity index (χ0n) is 6.40. The second-order valence-corrected chi connectivity index (χ2v) is 3.49. The van der Waals surface area contributed by atoms with E-state index in [9.17, 15) is 9.59 Å². The molecule has 13 heavy (non-hydrogen) atoms. The molecule has 0 unspecified atom stereocenters. The summed E-state index contributed by atoms with van der Waals surface area (Å²) < 4.78 is 0.500. The summed E-state index contributed by atoms with van der Waals surface area (Å²) in [4.78, 5) is 24.0. The topological polar surface area (TPSA) is 70.2 Å². The lowest BCUT2D eigenvalue weighted by Gasteiger charge is -1.93. The van der Waals surface area contributed by atoms with Crippen molar-refractivity contribution in [1.82, 2.24) is 4.98 Å². The molecule has 0 saturated carbocycles. The van der Waals surface area contributed by atoms with Crippen LogP contribution in [-0.2, 0) is 0 Å². The number of aromatic nitrogens is 1. The number of carboxylic acid groups (broad SMARTS) is 1. The fraction of sp³-hybridized carbons (Fsp3) is 0. The van der Waals surface area contributed by atoms with Crippen molar-refractivity contribution in [1.29, 1.82) is 0 Å². The Morgan fingerprint density at radius 1 is 1.46 bits per heavy atom. The minimum atomic E-state index is -1.01. The van der Waals surface area contributed by atoms with E-state index in [1.54, 1.807) is 12.1 Å². The van der Waals surface area contributed by atoms with Gasteiger partial charge in [-0.05, 0) is 12.1 Å². The monoisotopic (exact) mass is 195 g/mol. The van der Waals surface area contributed by atoms with Crippen LogP contribution in [0.2, 0.25) is 0 Å². The van der Waals surface area contributed by atoms with E-state index in [1.807, 2.05) is 0 Å². The predicted octanol–water partition coefficient (Wildman–Crippen LogP) is 1.29. The van der Waals surface area contributed by atoms with Gasteiger partial charge in [0.05, 0.1) is 15.8 Å². The van der Waals surface area contributed by atoms with Crippen LogP contribution in [0, 0.1) is 0 Å². The molecular weight excluding hydrogens is 190 g/mol. The van der Waals surface area contributed by atoms with Crippen LogP contribution in [0.4, 0.5) is 0 Å². The number of fused-ring (bicyclic) bond motifs is 1. The summed E-state index contributed by atoms with van der Waals surface area (Å²) in [5.41, 5.74) is 0.746. The third-order valence-corrected chi connectivity index (χ3v) is 2.61. The fourth-order valence-electron chi connectivity index (χ4n) is 1.14. The highest BCUT2D eigenvalue weighted by atomic mass is 32.1. The van der Waals surface area contributed by atoms with E-state index in [0.717, 1.165) is 11.3 Å². The van der Waals surface area contributed by atoms with Gasteiger partial charge in [-0.1, -0.05) is 17.4 Å². The van der Waals surface area contributed by atoms with Crippen molar-refractivity contribution in [3.63, 3.8) is 0 Å². The number of nitrogens with one attached hydrogen (secondary N) is 1. The number of H-pyrrole nitrogens is 1. The number of hydrogen-bond donors (Lipinski definition) is 2. The summed E-state index contributed by atoms with van der Waals surface area (Å²) in [5, 5.41) is 8.78. The molecule has 1 aromatic heterocycles. The van der Waals surface area contributed by atoms with E-state index < -0.39 is 5.97 Å². The third-order valence-electron chi connectivity index (χ3n) is 1.68. The van der Waals surface area contributed by atoms with Crippen molar-refractivity contribution < 1.29 is 9.90 Å². The molecule has 0 bridgehead atoms. The van der Waals surface area contributed by atoms with Crippen molar-refractivity contribution in [2.75, 3.05) is 0 Å². The van der Waals surface area contributed by atoms with Gasteiger partial charge in [-0.15, -0.1) is 0 Å². The lowest BCUT2D eigenvalue weighted by Crippen LogP contribution is -1.95. The van der Waals surface area contributed by atoms with E-state index in [4.69, 9.17) is 5.11 Å². The Labute approximate surface area is 76.5 Å². The van der Waals surface area contributed by atoms with Gasteiger partial charge in [-0.3, -0.25) is 4.79 Å². The van der Waals surface area contributed by atoms with Gasteiger partial charge in [0.1, 0.15) is 0 Å². The lowest BCUT2D eigenvalue weighted by atomic mass is 10.2. The molecule has 0 spiro atoms. The number of rotatable bonds is 1. The number of carboxylic acids is 1. The van der Waals surface area contributed by atoms with Crippen LogP contribution in [0.5, 0.6) is 0 Å². The first-order chi connectivity index (χ1) is 6.18. The first-order valence-corrected chi connectivity index (χ1v) is 4.35. The minimum absolute atomic E-state index is 0.167. The summed E-state index contributed by atoms with van der Waals surface area (Å²) in [6.45, 7) is 0. The van der Waals surface area contributed by atoms with Crippen LogP contribution in [0.25, 0.3) is 10.2 Å². The molecule has 0 aliphatic carbocycles. The standard InChI is InChI=1S/C8H5NO3S/c10-7(11)4-2-1-3-5-6(4)13-8(12)9-5/h1-3H,(H,9,12)(H,10,11). The van der Waals surface area contributed by atoms with Crippen LogP contribution < -0.4 is 4.87 Å².